The molecule has 0 aliphatic carbocycles. The lowest BCUT2D eigenvalue weighted by atomic mass is 10.1. The van der Waals surface area contributed by atoms with E-state index >= 15 is 0 Å². The largest absolute Gasteiger partial charge is 0.508 e. The molecular formula is C18H17ClN2O4. The van der Waals surface area contributed by atoms with Gasteiger partial charge in [0.1, 0.15) is 11.5 Å². The summed E-state index contributed by atoms with van der Waals surface area (Å²) in [6.45, 7) is 0.249. The number of nitrogens with zero attached hydrogens (tertiary/aromatic N) is 1. The van der Waals surface area contributed by atoms with Crippen molar-refractivity contribution in [2.75, 3.05) is 23.9 Å². The first-order valence-corrected chi connectivity index (χ1v) is 8.09. The molecule has 25 heavy (non-hydrogen) atoms. The first-order chi connectivity index (χ1) is 12.0. The Hall–Kier alpha value is -2.73. The number of amides is 2. The SMILES string of the molecule is COc1ccc(Cl)cc1N1CC(C(=O)Nc2ccc(O)cc2)CC1=O. The number of phenolic OH excluding ortho intramolecular Hbond substituents is 1. The van der Waals surface area contributed by atoms with Gasteiger partial charge in [-0.1, -0.05) is 11.6 Å². The lowest BCUT2D eigenvalue weighted by Crippen LogP contribution is -2.28. The summed E-state index contributed by atoms with van der Waals surface area (Å²) in [7, 11) is 1.52. The number of hydrogen-bond acceptors (Lipinski definition) is 4. The third-order valence-corrected chi connectivity index (χ3v) is 4.30. The van der Waals surface area contributed by atoms with E-state index in [2.05, 4.69) is 5.32 Å². The number of halogens is 1. The summed E-state index contributed by atoms with van der Waals surface area (Å²) < 4.78 is 5.29. The molecule has 2 amide bonds. The fraction of sp³-hybridized carbons (Fsp3) is 0.222. The summed E-state index contributed by atoms with van der Waals surface area (Å²) in [6, 6.07) is 11.2. The zero-order chi connectivity index (χ0) is 18.0. The van der Waals surface area contributed by atoms with E-state index in [0.717, 1.165) is 0 Å². The van der Waals surface area contributed by atoms with Crippen molar-refractivity contribution in [3.63, 3.8) is 0 Å². The van der Waals surface area contributed by atoms with Gasteiger partial charge in [0.25, 0.3) is 0 Å². The van der Waals surface area contributed by atoms with Crippen molar-refractivity contribution < 1.29 is 19.4 Å². The number of ether oxygens (including phenoxy) is 1. The minimum absolute atomic E-state index is 0.111. The number of carbonyl (C=O) groups excluding carboxylic acids is 2. The quantitative estimate of drug-likeness (QED) is 0.821. The summed E-state index contributed by atoms with van der Waals surface area (Å²) in [4.78, 5) is 26.3. The van der Waals surface area contributed by atoms with Gasteiger partial charge in [0, 0.05) is 23.7 Å². The Morgan fingerprint density at radius 3 is 2.68 bits per heavy atom. The number of rotatable bonds is 4. The fourth-order valence-electron chi connectivity index (χ4n) is 2.78. The van der Waals surface area contributed by atoms with E-state index in [1.165, 1.54) is 24.1 Å². The molecule has 1 saturated heterocycles. The van der Waals surface area contributed by atoms with Crippen LogP contribution in [0.5, 0.6) is 11.5 Å². The molecule has 0 saturated carbocycles. The Bertz CT molecular complexity index is 807. The van der Waals surface area contributed by atoms with Crippen LogP contribution in [0.4, 0.5) is 11.4 Å². The molecule has 1 aliphatic heterocycles. The van der Waals surface area contributed by atoms with Gasteiger partial charge in [-0.05, 0) is 42.5 Å². The van der Waals surface area contributed by atoms with Gasteiger partial charge in [0.2, 0.25) is 11.8 Å². The van der Waals surface area contributed by atoms with E-state index in [9.17, 15) is 14.7 Å². The highest BCUT2D eigenvalue weighted by Gasteiger charge is 2.36. The Morgan fingerprint density at radius 1 is 1.28 bits per heavy atom. The van der Waals surface area contributed by atoms with Crippen LogP contribution in [0.3, 0.4) is 0 Å². The standard InChI is InChI=1S/C18H17ClN2O4/c1-25-16-7-2-12(19)9-15(16)21-10-11(8-17(21)23)18(24)20-13-3-5-14(22)6-4-13/h2-7,9,11,22H,8,10H2,1H3,(H,20,24). The smallest absolute Gasteiger partial charge is 0.229 e. The van der Waals surface area contributed by atoms with Gasteiger partial charge >= 0.3 is 0 Å². The second kappa shape index (κ2) is 7.03. The van der Waals surface area contributed by atoms with Crippen LogP contribution in [0.15, 0.2) is 42.5 Å². The summed E-state index contributed by atoms with van der Waals surface area (Å²) >= 11 is 6.03. The third-order valence-electron chi connectivity index (χ3n) is 4.06. The summed E-state index contributed by atoms with van der Waals surface area (Å²) in [5, 5.41) is 12.5. The molecule has 6 nitrogen and oxygen atoms in total. The molecule has 0 aromatic heterocycles. The number of anilines is 2. The molecule has 1 unspecified atom stereocenters. The highest BCUT2D eigenvalue weighted by Crippen LogP contribution is 2.35. The molecular weight excluding hydrogens is 344 g/mol. The molecule has 0 radical (unpaired) electrons. The van der Waals surface area contributed by atoms with Crippen LogP contribution in [-0.4, -0.2) is 30.6 Å². The molecule has 2 aromatic carbocycles. The predicted molar refractivity (Wildman–Crippen MR) is 95.2 cm³/mol. The van der Waals surface area contributed by atoms with Crippen LogP contribution >= 0.6 is 11.6 Å². The Balaban J connectivity index is 1.75. The summed E-state index contributed by atoms with van der Waals surface area (Å²) in [5.41, 5.74) is 1.12. The molecule has 2 aromatic rings. The Morgan fingerprint density at radius 2 is 2.00 bits per heavy atom. The zero-order valence-electron chi connectivity index (χ0n) is 13.5. The van der Waals surface area contributed by atoms with E-state index in [-0.39, 0.29) is 30.5 Å². The van der Waals surface area contributed by atoms with Crippen LogP contribution in [0.1, 0.15) is 6.42 Å². The maximum atomic E-state index is 12.4. The zero-order valence-corrected chi connectivity index (χ0v) is 14.3. The van der Waals surface area contributed by atoms with E-state index in [0.29, 0.717) is 22.1 Å². The average molecular weight is 361 g/mol. The van der Waals surface area contributed by atoms with Crippen molar-refractivity contribution >= 4 is 34.8 Å². The van der Waals surface area contributed by atoms with E-state index in [1.807, 2.05) is 0 Å². The first-order valence-electron chi connectivity index (χ1n) is 7.71. The monoisotopic (exact) mass is 360 g/mol. The fourth-order valence-corrected chi connectivity index (χ4v) is 2.95. The normalized spacial score (nSPS) is 16.8. The van der Waals surface area contributed by atoms with Gasteiger partial charge in [-0.3, -0.25) is 9.59 Å². The number of aromatic hydroxyl groups is 1. The van der Waals surface area contributed by atoms with Crippen molar-refractivity contribution in [3.05, 3.63) is 47.5 Å². The van der Waals surface area contributed by atoms with Crippen LogP contribution in [0.2, 0.25) is 5.02 Å². The van der Waals surface area contributed by atoms with E-state index < -0.39 is 5.92 Å². The summed E-state index contributed by atoms with van der Waals surface area (Å²) in [6.07, 6.45) is 0.111. The molecule has 0 spiro atoms. The molecule has 7 heteroatoms. The lowest BCUT2D eigenvalue weighted by Gasteiger charge is -2.19. The third kappa shape index (κ3) is 3.69. The van der Waals surface area contributed by atoms with Gasteiger partial charge in [-0.15, -0.1) is 0 Å². The van der Waals surface area contributed by atoms with Crippen molar-refractivity contribution in [2.45, 2.75) is 6.42 Å². The van der Waals surface area contributed by atoms with E-state index in [4.69, 9.17) is 16.3 Å². The minimum Gasteiger partial charge on any atom is -0.508 e. The molecule has 1 fully saturated rings. The van der Waals surface area contributed by atoms with Crippen LogP contribution in [-0.2, 0) is 9.59 Å². The maximum absolute atomic E-state index is 12.4. The average Bonchev–Trinajstić information content (AvgIpc) is 2.98. The Kier molecular flexibility index (Phi) is 4.81. The molecule has 1 heterocycles. The highest BCUT2D eigenvalue weighted by atomic mass is 35.5. The number of nitrogens with one attached hydrogen (secondary N) is 1. The van der Waals surface area contributed by atoms with Crippen LogP contribution < -0.4 is 15.0 Å². The van der Waals surface area contributed by atoms with Crippen molar-refractivity contribution in [1.82, 2.24) is 0 Å². The van der Waals surface area contributed by atoms with Gasteiger partial charge in [-0.2, -0.15) is 0 Å². The molecule has 2 N–H and O–H groups in total. The predicted octanol–water partition coefficient (Wildman–Crippen LogP) is 3.05. The van der Waals surface area contributed by atoms with E-state index in [1.54, 1.807) is 30.3 Å². The second-order valence-corrected chi connectivity index (χ2v) is 6.19. The first kappa shape index (κ1) is 17.1. The number of hydrogen-bond donors (Lipinski definition) is 2. The molecule has 130 valence electrons. The summed E-state index contributed by atoms with van der Waals surface area (Å²) in [5.74, 6) is -0.246. The number of benzene rings is 2. The highest BCUT2D eigenvalue weighted by molar-refractivity contribution is 6.31. The number of phenols is 1. The van der Waals surface area contributed by atoms with Crippen LogP contribution in [0, 0.1) is 5.92 Å². The Labute approximate surface area is 150 Å². The number of carbonyl (C=O) groups is 2. The van der Waals surface area contributed by atoms with Crippen molar-refractivity contribution in [2.24, 2.45) is 5.92 Å². The van der Waals surface area contributed by atoms with Gasteiger partial charge in [-0.25, -0.2) is 0 Å². The molecule has 0 bridgehead atoms. The minimum atomic E-state index is -0.481. The molecule has 3 rings (SSSR count). The molecule has 1 aliphatic rings. The number of methoxy groups -OCH3 is 1. The van der Waals surface area contributed by atoms with Crippen molar-refractivity contribution in [1.29, 1.82) is 0 Å². The second-order valence-electron chi connectivity index (χ2n) is 5.76. The van der Waals surface area contributed by atoms with Crippen LogP contribution in [0.25, 0.3) is 0 Å². The lowest BCUT2D eigenvalue weighted by molar-refractivity contribution is -0.122. The molecule has 1 atom stereocenters. The van der Waals surface area contributed by atoms with Crippen molar-refractivity contribution in [3.8, 4) is 11.5 Å². The topological polar surface area (TPSA) is 78.9 Å². The maximum Gasteiger partial charge on any atom is 0.229 e. The van der Waals surface area contributed by atoms with Gasteiger partial charge in [0.15, 0.2) is 0 Å². The van der Waals surface area contributed by atoms with Gasteiger partial charge < -0.3 is 20.1 Å². The van der Waals surface area contributed by atoms with Gasteiger partial charge in [0.05, 0.1) is 18.7 Å².